The Bertz CT molecular complexity index is 661. The van der Waals surface area contributed by atoms with Crippen molar-refractivity contribution in [2.45, 2.75) is 27.2 Å². The zero-order valence-corrected chi connectivity index (χ0v) is 13.0. The van der Waals surface area contributed by atoms with Crippen molar-refractivity contribution >= 4 is 23.3 Å². The molecule has 2 atom stereocenters. The average molecular weight is 305 g/mol. The highest BCUT2D eigenvalue weighted by molar-refractivity contribution is 6.29. The first-order valence-corrected chi connectivity index (χ1v) is 7.37. The molecule has 4 nitrogen and oxygen atoms in total. The van der Waals surface area contributed by atoms with Gasteiger partial charge in [-0.2, -0.15) is 0 Å². The number of ketones is 1. The van der Waals surface area contributed by atoms with Gasteiger partial charge in [-0.3, -0.25) is 9.59 Å². The van der Waals surface area contributed by atoms with Gasteiger partial charge in [-0.1, -0.05) is 25.4 Å². The molecular weight excluding hydrogens is 288 g/mol. The van der Waals surface area contributed by atoms with Crippen molar-refractivity contribution in [1.82, 2.24) is 10.3 Å². The van der Waals surface area contributed by atoms with E-state index in [1.807, 2.05) is 0 Å². The van der Waals surface area contributed by atoms with E-state index in [4.69, 9.17) is 11.6 Å². The number of pyridine rings is 1. The van der Waals surface area contributed by atoms with Gasteiger partial charge in [0.15, 0.2) is 5.78 Å². The third kappa shape index (κ3) is 2.27. The van der Waals surface area contributed by atoms with Gasteiger partial charge in [-0.25, -0.2) is 4.98 Å². The average Bonchev–Trinajstić information content (AvgIpc) is 2.78. The minimum atomic E-state index is -0.243. The van der Waals surface area contributed by atoms with Crippen LogP contribution in [0.25, 0.3) is 0 Å². The molecule has 21 heavy (non-hydrogen) atoms. The Kier molecular flexibility index (Phi) is 3.17. The molecule has 0 aromatic carbocycles. The molecular formula is C16H17ClN2O2. The van der Waals surface area contributed by atoms with Crippen molar-refractivity contribution in [2.24, 2.45) is 17.3 Å². The summed E-state index contributed by atoms with van der Waals surface area (Å²) in [6.45, 7) is 5.92. The van der Waals surface area contributed by atoms with Crippen LogP contribution in [-0.2, 0) is 4.79 Å². The Labute approximate surface area is 128 Å². The van der Waals surface area contributed by atoms with Crippen LogP contribution >= 0.6 is 11.6 Å². The highest BCUT2D eigenvalue weighted by Crippen LogP contribution is 2.68. The van der Waals surface area contributed by atoms with Gasteiger partial charge < -0.3 is 5.32 Å². The predicted octanol–water partition coefficient (Wildman–Crippen LogP) is 2.98. The molecule has 0 radical (unpaired) electrons. The maximum atomic E-state index is 12.2. The summed E-state index contributed by atoms with van der Waals surface area (Å²) in [5, 5.41) is 3.23. The van der Waals surface area contributed by atoms with Crippen LogP contribution in [0.4, 0.5) is 0 Å². The molecule has 1 aromatic rings. The van der Waals surface area contributed by atoms with Crippen LogP contribution in [0.3, 0.4) is 0 Å². The molecule has 0 aliphatic heterocycles. The number of amides is 1. The number of hydrogen-bond acceptors (Lipinski definition) is 3. The second-order valence-corrected chi connectivity index (χ2v) is 6.77. The number of fused-ring (bicyclic) bond motifs is 1. The highest BCUT2D eigenvalue weighted by Gasteiger charge is 2.64. The van der Waals surface area contributed by atoms with Gasteiger partial charge in [0.25, 0.3) is 5.91 Å². The van der Waals surface area contributed by atoms with Crippen molar-refractivity contribution in [2.75, 3.05) is 0 Å². The first-order chi connectivity index (χ1) is 9.82. The molecule has 3 rings (SSSR count). The van der Waals surface area contributed by atoms with E-state index in [9.17, 15) is 9.59 Å². The maximum Gasteiger partial charge on any atom is 0.256 e. The second-order valence-electron chi connectivity index (χ2n) is 6.38. The van der Waals surface area contributed by atoms with Gasteiger partial charge in [0.2, 0.25) is 0 Å². The Balaban J connectivity index is 1.82. The van der Waals surface area contributed by atoms with Gasteiger partial charge in [0.1, 0.15) is 5.15 Å². The summed E-state index contributed by atoms with van der Waals surface area (Å²) in [6.07, 6.45) is 2.20. The number of allylic oxidation sites excluding steroid dienone is 2. The van der Waals surface area contributed by atoms with E-state index >= 15 is 0 Å². The van der Waals surface area contributed by atoms with Crippen LogP contribution in [0.1, 0.15) is 37.6 Å². The van der Waals surface area contributed by atoms with Crippen molar-refractivity contribution in [3.63, 3.8) is 0 Å². The Morgan fingerprint density at radius 2 is 2.10 bits per heavy atom. The number of carbonyl (C=O) groups excluding carboxylic acids is 2. The number of hydrogen-bond donors (Lipinski definition) is 1. The molecule has 2 aliphatic rings. The van der Waals surface area contributed by atoms with E-state index in [1.165, 1.54) is 6.20 Å². The summed E-state index contributed by atoms with van der Waals surface area (Å²) >= 11 is 5.71. The van der Waals surface area contributed by atoms with Gasteiger partial charge in [0, 0.05) is 17.5 Å². The van der Waals surface area contributed by atoms with E-state index in [0.717, 1.165) is 17.7 Å². The van der Waals surface area contributed by atoms with Gasteiger partial charge in [0.05, 0.1) is 5.56 Å². The minimum Gasteiger partial charge on any atom is -0.325 e. The first-order valence-electron chi connectivity index (χ1n) is 6.99. The molecule has 0 spiro atoms. The molecule has 5 heteroatoms. The van der Waals surface area contributed by atoms with Crippen molar-refractivity contribution in [3.8, 4) is 0 Å². The zero-order chi connectivity index (χ0) is 15.4. The number of rotatable bonds is 3. The van der Waals surface area contributed by atoms with Crippen molar-refractivity contribution in [3.05, 3.63) is 40.3 Å². The fourth-order valence-electron chi connectivity index (χ4n) is 3.48. The predicted molar refractivity (Wildman–Crippen MR) is 79.8 cm³/mol. The summed E-state index contributed by atoms with van der Waals surface area (Å²) < 4.78 is 0. The minimum absolute atomic E-state index is 0.0533. The molecule has 1 amide bonds. The van der Waals surface area contributed by atoms with Gasteiger partial charge >= 0.3 is 0 Å². The molecule has 2 aliphatic carbocycles. The lowest BCUT2D eigenvalue weighted by molar-refractivity contribution is -0.114. The van der Waals surface area contributed by atoms with E-state index in [2.05, 4.69) is 24.1 Å². The van der Waals surface area contributed by atoms with E-state index in [1.54, 1.807) is 19.1 Å². The number of halogens is 1. The Morgan fingerprint density at radius 1 is 1.38 bits per heavy atom. The molecule has 0 bridgehead atoms. The van der Waals surface area contributed by atoms with E-state index in [-0.39, 0.29) is 23.0 Å². The molecule has 0 unspecified atom stereocenters. The van der Waals surface area contributed by atoms with Crippen molar-refractivity contribution < 1.29 is 9.59 Å². The smallest absolute Gasteiger partial charge is 0.256 e. The van der Waals surface area contributed by atoms with Crippen molar-refractivity contribution in [1.29, 1.82) is 0 Å². The van der Waals surface area contributed by atoms with Gasteiger partial charge in [-0.15, -0.1) is 0 Å². The fraction of sp³-hybridized carbons (Fsp3) is 0.438. The molecule has 0 saturated heterocycles. The maximum absolute atomic E-state index is 12.2. The van der Waals surface area contributed by atoms with Crippen LogP contribution in [-0.4, -0.2) is 16.7 Å². The molecule has 1 N–H and O–H groups in total. The van der Waals surface area contributed by atoms with E-state index < -0.39 is 0 Å². The molecule has 1 saturated carbocycles. The Morgan fingerprint density at radius 3 is 2.67 bits per heavy atom. The molecule has 110 valence electrons. The third-order valence-corrected chi connectivity index (χ3v) is 4.97. The van der Waals surface area contributed by atoms with Crippen LogP contribution in [0.15, 0.2) is 29.6 Å². The lowest BCUT2D eigenvalue weighted by atomic mass is 9.96. The monoisotopic (exact) mass is 304 g/mol. The largest absolute Gasteiger partial charge is 0.325 e. The Hall–Kier alpha value is -1.68. The quantitative estimate of drug-likeness (QED) is 0.873. The normalized spacial score (nSPS) is 25.5. The van der Waals surface area contributed by atoms with Crippen LogP contribution in [0.5, 0.6) is 0 Å². The zero-order valence-electron chi connectivity index (χ0n) is 12.2. The summed E-state index contributed by atoms with van der Waals surface area (Å²) in [5.74, 6) is 0.563. The number of carbonyl (C=O) groups is 2. The molecule has 1 aromatic heterocycles. The lowest BCUT2D eigenvalue weighted by Crippen LogP contribution is -2.25. The summed E-state index contributed by atoms with van der Waals surface area (Å²) in [6, 6.07) is 3.20. The third-order valence-electron chi connectivity index (χ3n) is 4.74. The lowest BCUT2D eigenvalue weighted by Gasteiger charge is -2.15. The van der Waals surface area contributed by atoms with E-state index in [0.29, 0.717) is 16.6 Å². The summed E-state index contributed by atoms with van der Waals surface area (Å²) in [4.78, 5) is 28.0. The van der Waals surface area contributed by atoms with Crippen LogP contribution in [0.2, 0.25) is 5.15 Å². The fourth-order valence-corrected chi connectivity index (χ4v) is 3.60. The van der Waals surface area contributed by atoms with Crippen LogP contribution < -0.4 is 5.32 Å². The molecule has 1 heterocycles. The summed E-state index contributed by atoms with van der Waals surface area (Å²) in [7, 11) is 0. The second kappa shape index (κ2) is 4.67. The highest BCUT2D eigenvalue weighted by atomic mass is 35.5. The molecule has 1 fully saturated rings. The number of nitrogens with one attached hydrogen (secondary N) is 1. The standard InChI is InChI=1S/C16H17ClN2O2/c1-8(20)13-11(6-10-14(13)16(10,2)3)19-15(21)9-4-5-12(17)18-7-9/h4-5,7,10,14H,6H2,1-3H3,(H,19,21)/t10-,14-/m1/s1. The summed E-state index contributed by atoms with van der Waals surface area (Å²) in [5.41, 5.74) is 2.18. The SMILES string of the molecule is CC(=O)C1=C(NC(=O)c2ccc(Cl)nc2)C[C@@H]2[C@H]1C2(C)C. The number of Topliss-reactive ketones (excluding diaryl/α,β-unsaturated/α-hetero) is 1. The first kappa shape index (κ1) is 14.3. The van der Waals surface area contributed by atoms with Crippen LogP contribution in [0, 0.1) is 17.3 Å². The number of aromatic nitrogens is 1. The van der Waals surface area contributed by atoms with Gasteiger partial charge in [-0.05, 0) is 42.7 Å². The topological polar surface area (TPSA) is 59.1 Å². The number of nitrogens with zero attached hydrogens (tertiary/aromatic N) is 1.